The average molecular weight is 449 g/mol. The first-order valence-electron chi connectivity index (χ1n) is 10.4. The Balaban J connectivity index is 1.83. The molecule has 1 N–H and O–H groups in total. The molecule has 5 nitrogen and oxygen atoms in total. The van der Waals surface area contributed by atoms with E-state index in [0.717, 1.165) is 29.0 Å². The molecule has 1 aliphatic carbocycles. The van der Waals surface area contributed by atoms with Crippen LogP contribution in [-0.2, 0) is 27.7 Å². The van der Waals surface area contributed by atoms with Crippen LogP contribution in [0, 0.1) is 0 Å². The molecule has 0 saturated heterocycles. The molecule has 0 heterocycles. The summed E-state index contributed by atoms with van der Waals surface area (Å²) in [7, 11) is -3.69. The van der Waals surface area contributed by atoms with Crippen molar-refractivity contribution in [3.05, 3.63) is 64.2 Å². The van der Waals surface area contributed by atoms with Gasteiger partial charge in [0.15, 0.2) is 0 Å². The maximum atomic E-state index is 13.1. The van der Waals surface area contributed by atoms with Crippen LogP contribution in [0.15, 0.2) is 42.5 Å². The minimum absolute atomic E-state index is 0.223. The average Bonchev–Trinajstić information content (AvgIpc) is 2.70. The van der Waals surface area contributed by atoms with Crippen molar-refractivity contribution in [2.24, 2.45) is 0 Å². The molecule has 0 fully saturated rings. The number of amides is 1. The number of sulfonamides is 1. The molecule has 0 unspecified atom stereocenters. The van der Waals surface area contributed by atoms with Crippen molar-refractivity contribution in [2.45, 2.75) is 58.0 Å². The number of anilines is 1. The Labute approximate surface area is 184 Å². The zero-order chi connectivity index (χ0) is 21.9. The quantitative estimate of drug-likeness (QED) is 0.670. The minimum atomic E-state index is -3.69. The lowest BCUT2D eigenvalue weighted by Crippen LogP contribution is -2.49. The number of nitrogens with one attached hydrogen (secondary N) is 1. The molecule has 162 valence electrons. The van der Waals surface area contributed by atoms with Gasteiger partial charge in [-0.25, -0.2) is 8.42 Å². The number of benzene rings is 2. The Hall–Kier alpha value is -2.05. The molecule has 2 aromatic rings. The van der Waals surface area contributed by atoms with Crippen molar-refractivity contribution in [1.82, 2.24) is 5.32 Å². The molecule has 0 spiro atoms. The summed E-state index contributed by atoms with van der Waals surface area (Å²) < 4.78 is 26.3. The van der Waals surface area contributed by atoms with Gasteiger partial charge in [0.2, 0.25) is 15.9 Å². The molecule has 1 amide bonds. The van der Waals surface area contributed by atoms with Crippen LogP contribution in [0.25, 0.3) is 0 Å². The summed E-state index contributed by atoms with van der Waals surface area (Å²) in [5, 5.41) is 3.43. The van der Waals surface area contributed by atoms with Crippen LogP contribution in [0.2, 0.25) is 5.02 Å². The van der Waals surface area contributed by atoms with Gasteiger partial charge >= 0.3 is 0 Å². The smallest absolute Gasteiger partial charge is 0.244 e. The second-order valence-corrected chi connectivity index (χ2v) is 10.2. The minimum Gasteiger partial charge on any atom is -0.348 e. The number of hydrogen-bond acceptors (Lipinski definition) is 3. The van der Waals surface area contributed by atoms with E-state index in [-0.39, 0.29) is 11.9 Å². The molecule has 0 saturated carbocycles. The van der Waals surface area contributed by atoms with E-state index in [4.69, 9.17) is 11.6 Å². The Morgan fingerprint density at radius 2 is 1.83 bits per heavy atom. The third-order valence-corrected chi connectivity index (χ3v) is 7.04. The lowest BCUT2D eigenvalue weighted by Gasteiger charge is -2.31. The Morgan fingerprint density at radius 1 is 1.13 bits per heavy atom. The molecule has 0 bridgehead atoms. The summed E-state index contributed by atoms with van der Waals surface area (Å²) in [5.74, 6) is -0.326. The van der Waals surface area contributed by atoms with Crippen molar-refractivity contribution < 1.29 is 13.2 Å². The standard InChI is InChI=1S/C23H29ClN2O3S/c1-4-22(26(30(3,28)29)21-11-7-10-20(24)15-21)23(27)25-16(2)18-13-12-17-8-5-6-9-19(17)14-18/h7,10-16,22H,4-6,8-9H2,1-3H3,(H,25,27)/t16-,22-/m0/s1. The fraction of sp³-hybridized carbons (Fsp3) is 0.435. The van der Waals surface area contributed by atoms with Crippen molar-refractivity contribution in [2.75, 3.05) is 10.6 Å². The monoisotopic (exact) mass is 448 g/mol. The molecule has 2 aromatic carbocycles. The second-order valence-electron chi connectivity index (χ2n) is 7.93. The molecular formula is C23H29ClN2O3S. The molecule has 0 aliphatic heterocycles. The fourth-order valence-electron chi connectivity index (χ4n) is 4.09. The number of halogens is 1. The van der Waals surface area contributed by atoms with Gasteiger partial charge in [-0.2, -0.15) is 0 Å². The van der Waals surface area contributed by atoms with Gasteiger partial charge in [0.25, 0.3) is 0 Å². The molecule has 0 aromatic heterocycles. The summed E-state index contributed by atoms with van der Waals surface area (Å²) in [6.07, 6.45) is 6.04. The highest BCUT2D eigenvalue weighted by Gasteiger charge is 2.32. The summed E-state index contributed by atoms with van der Waals surface area (Å²) in [6.45, 7) is 3.73. The zero-order valence-electron chi connectivity index (χ0n) is 17.7. The maximum Gasteiger partial charge on any atom is 0.244 e. The predicted octanol–water partition coefficient (Wildman–Crippen LogP) is 4.64. The highest BCUT2D eigenvalue weighted by atomic mass is 35.5. The summed E-state index contributed by atoms with van der Waals surface area (Å²) in [6, 6.07) is 11.9. The third kappa shape index (κ3) is 5.16. The number of rotatable bonds is 7. The first kappa shape index (κ1) is 22.6. The lowest BCUT2D eigenvalue weighted by molar-refractivity contribution is -0.122. The molecule has 30 heavy (non-hydrogen) atoms. The first-order valence-corrected chi connectivity index (χ1v) is 12.6. The van der Waals surface area contributed by atoms with Gasteiger partial charge in [-0.1, -0.05) is 42.8 Å². The van der Waals surface area contributed by atoms with E-state index in [0.29, 0.717) is 17.1 Å². The number of nitrogens with zero attached hydrogens (tertiary/aromatic N) is 1. The summed E-state index contributed by atoms with van der Waals surface area (Å²) >= 11 is 6.07. The molecule has 1 aliphatic rings. The van der Waals surface area contributed by atoms with Crippen molar-refractivity contribution in [1.29, 1.82) is 0 Å². The van der Waals surface area contributed by atoms with Gasteiger partial charge in [-0.05, 0) is 73.9 Å². The number of aryl methyl sites for hydroxylation is 2. The zero-order valence-corrected chi connectivity index (χ0v) is 19.3. The van der Waals surface area contributed by atoms with Gasteiger partial charge in [-0.3, -0.25) is 9.10 Å². The van der Waals surface area contributed by atoms with Crippen LogP contribution in [0.5, 0.6) is 0 Å². The van der Waals surface area contributed by atoms with E-state index in [1.807, 2.05) is 6.92 Å². The maximum absolute atomic E-state index is 13.1. The Bertz CT molecular complexity index is 1020. The van der Waals surface area contributed by atoms with Crippen LogP contribution in [0.3, 0.4) is 0 Å². The van der Waals surface area contributed by atoms with Gasteiger partial charge < -0.3 is 5.32 Å². The van der Waals surface area contributed by atoms with Gasteiger partial charge in [0, 0.05) is 5.02 Å². The highest BCUT2D eigenvalue weighted by molar-refractivity contribution is 7.92. The first-order chi connectivity index (χ1) is 14.2. The van der Waals surface area contributed by atoms with Gasteiger partial charge in [0.1, 0.15) is 6.04 Å². The van der Waals surface area contributed by atoms with E-state index < -0.39 is 16.1 Å². The highest BCUT2D eigenvalue weighted by Crippen LogP contribution is 2.27. The largest absolute Gasteiger partial charge is 0.348 e. The van der Waals surface area contributed by atoms with Crippen LogP contribution in [0.4, 0.5) is 5.69 Å². The molecule has 0 radical (unpaired) electrons. The Morgan fingerprint density at radius 3 is 2.47 bits per heavy atom. The van der Waals surface area contributed by atoms with Crippen molar-refractivity contribution in [3.63, 3.8) is 0 Å². The molecule has 7 heteroatoms. The molecule has 2 atom stereocenters. The van der Waals surface area contributed by atoms with Gasteiger partial charge in [-0.15, -0.1) is 0 Å². The van der Waals surface area contributed by atoms with E-state index in [9.17, 15) is 13.2 Å². The van der Waals surface area contributed by atoms with E-state index in [1.165, 1.54) is 24.0 Å². The van der Waals surface area contributed by atoms with E-state index in [2.05, 4.69) is 23.5 Å². The van der Waals surface area contributed by atoms with E-state index in [1.54, 1.807) is 31.2 Å². The number of fused-ring (bicyclic) bond motifs is 1. The number of carbonyl (C=O) groups is 1. The van der Waals surface area contributed by atoms with Crippen LogP contribution < -0.4 is 9.62 Å². The SMILES string of the molecule is CC[C@@H](C(=O)N[C@@H](C)c1ccc2c(c1)CCCC2)N(c1cccc(Cl)c1)S(C)(=O)=O. The third-order valence-electron chi connectivity index (χ3n) is 5.62. The van der Waals surface area contributed by atoms with Crippen LogP contribution in [0.1, 0.15) is 55.8 Å². The summed E-state index contributed by atoms with van der Waals surface area (Å²) in [5.41, 5.74) is 4.16. The summed E-state index contributed by atoms with van der Waals surface area (Å²) in [4.78, 5) is 13.1. The normalized spacial score (nSPS) is 15.7. The van der Waals surface area contributed by atoms with Crippen molar-refractivity contribution in [3.8, 4) is 0 Å². The topological polar surface area (TPSA) is 66.5 Å². The Kier molecular flexibility index (Phi) is 7.09. The van der Waals surface area contributed by atoms with Crippen molar-refractivity contribution >= 4 is 33.2 Å². The lowest BCUT2D eigenvalue weighted by atomic mass is 9.89. The fourth-order valence-corrected chi connectivity index (χ4v) is 5.48. The number of hydrogen-bond donors (Lipinski definition) is 1. The molecule has 3 rings (SSSR count). The van der Waals surface area contributed by atoms with Crippen LogP contribution >= 0.6 is 11.6 Å². The predicted molar refractivity (Wildman–Crippen MR) is 122 cm³/mol. The second kappa shape index (κ2) is 9.40. The van der Waals surface area contributed by atoms with Gasteiger partial charge in [0.05, 0.1) is 18.0 Å². The van der Waals surface area contributed by atoms with E-state index >= 15 is 0 Å². The molecular weight excluding hydrogens is 420 g/mol. The van der Waals surface area contributed by atoms with Crippen LogP contribution in [-0.4, -0.2) is 26.6 Å². The number of carbonyl (C=O) groups excluding carboxylic acids is 1.